The fraction of sp³-hybridized carbons (Fsp3) is 0.917. The monoisotopic (exact) mass is 995 g/mol. The van der Waals surface area contributed by atoms with E-state index in [0.717, 1.165) is 38.5 Å². The Morgan fingerprint density at radius 2 is 0.812 bits per heavy atom. The zero-order valence-corrected chi connectivity index (χ0v) is 47.7. The van der Waals surface area contributed by atoms with Crippen LogP contribution in [-0.4, -0.2) is 68.5 Å². The van der Waals surface area contributed by atoms with Gasteiger partial charge in [-0.05, 0) is 32.1 Å². The maximum absolute atomic E-state index is 13.0. The van der Waals surface area contributed by atoms with E-state index < -0.39 is 20.0 Å². The second-order valence-corrected chi connectivity index (χ2v) is 23.5. The summed E-state index contributed by atoms with van der Waals surface area (Å²) < 4.78 is 23.3. The minimum atomic E-state index is -4.60. The highest BCUT2D eigenvalue weighted by Gasteiger charge is 2.23. The highest BCUT2D eigenvalue weighted by Crippen LogP contribution is 2.38. The first-order chi connectivity index (χ1) is 33.5. The van der Waals surface area contributed by atoms with Crippen LogP contribution in [0, 0.1) is 0 Å². The van der Waals surface area contributed by atoms with Gasteiger partial charge in [-0.1, -0.05) is 289 Å². The van der Waals surface area contributed by atoms with Gasteiger partial charge in [-0.25, -0.2) is 0 Å². The standard InChI is InChI=1S/C60H119N2O6P/c1-6-8-10-12-14-16-18-20-22-24-25-26-27-28-29-30-31-32-33-34-35-36-38-40-42-44-46-48-50-52-54-60(64)61-58(57-68-69(65,66)67-56-55-62(3,4)5)59(63)53-51-49-47-45-43-41-39-37-23-21-19-17-15-13-11-9-7-2/h43,45,51,53,58-59,63H,6-42,44,46-50,52,54-57H2,1-5H3,(H-,61,64,65,66)/b45-43+,53-51+. The van der Waals surface area contributed by atoms with Gasteiger partial charge in [0, 0.05) is 6.42 Å². The van der Waals surface area contributed by atoms with Crippen molar-refractivity contribution in [3.8, 4) is 0 Å². The Balaban J connectivity index is 4.08. The summed E-state index contributed by atoms with van der Waals surface area (Å²) in [6.45, 7) is 4.67. The van der Waals surface area contributed by atoms with Gasteiger partial charge in [-0.2, -0.15) is 0 Å². The highest BCUT2D eigenvalue weighted by molar-refractivity contribution is 7.45. The van der Waals surface area contributed by atoms with E-state index in [2.05, 4.69) is 31.3 Å². The molecular weight excluding hydrogens is 876 g/mol. The fourth-order valence-electron chi connectivity index (χ4n) is 9.17. The topological polar surface area (TPSA) is 108 Å². The van der Waals surface area contributed by atoms with Crippen molar-refractivity contribution < 1.29 is 32.9 Å². The molecule has 0 fully saturated rings. The molecule has 0 radical (unpaired) electrons. The molecule has 0 aromatic carbocycles. The zero-order valence-electron chi connectivity index (χ0n) is 46.8. The average Bonchev–Trinajstić information content (AvgIpc) is 3.31. The molecule has 2 N–H and O–H groups in total. The number of phosphoric ester groups is 1. The summed E-state index contributed by atoms with van der Waals surface area (Å²) in [7, 11) is 1.26. The predicted octanol–water partition coefficient (Wildman–Crippen LogP) is 17.7. The van der Waals surface area contributed by atoms with Crippen LogP contribution in [0.3, 0.4) is 0 Å². The molecular formula is C60H119N2O6P. The van der Waals surface area contributed by atoms with Gasteiger partial charge in [-0.15, -0.1) is 0 Å². The number of aliphatic hydroxyl groups is 1. The summed E-state index contributed by atoms with van der Waals surface area (Å²) >= 11 is 0. The molecule has 0 heterocycles. The molecule has 0 rings (SSSR count). The molecule has 69 heavy (non-hydrogen) atoms. The van der Waals surface area contributed by atoms with Crippen molar-refractivity contribution in [2.24, 2.45) is 0 Å². The minimum Gasteiger partial charge on any atom is -0.756 e. The molecule has 0 aliphatic heterocycles. The number of hydrogen-bond acceptors (Lipinski definition) is 6. The Labute approximate surface area is 430 Å². The van der Waals surface area contributed by atoms with Gasteiger partial charge < -0.3 is 28.8 Å². The Bertz CT molecular complexity index is 1170. The van der Waals surface area contributed by atoms with Crippen LogP contribution in [0.15, 0.2) is 24.3 Å². The van der Waals surface area contributed by atoms with E-state index >= 15 is 0 Å². The van der Waals surface area contributed by atoms with E-state index in [-0.39, 0.29) is 19.1 Å². The number of unbranched alkanes of at least 4 members (excludes halogenated alkanes) is 41. The quantitative estimate of drug-likeness (QED) is 0.0272. The van der Waals surface area contributed by atoms with Crippen molar-refractivity contribution in [3.05, 3.63) is 24.3 Å². The number of likely N-dealkylation sites (N-methyl/N-ethyl adjacent to an activating group) is 1. The van der Waals surface area contributed by atoms with E-state index in [4.69, 9.17) is 9.05 Å². The number of nitrogens with one attached hydrogen (secondary N) is 1. The number of carbonyl (C=O) groups excluding carboxylic acids is 1. The summed E-state index contributed by atoms with van der Waals surface area (Å²) in [5.74, 6) is -0.201. The van der Waals surface area contributed by atoms with Crippen LogP contribution >= 0.6 is 7.82 Å². The SMILES string of the molecule is CCCCCCCCCCCCC/C=C/CC/C=C/C(O)C(COP(=O)([O-])OCC[N+](C)(C)C)NC(=O)CCCCCCCCCCCCCCCCCCCCCCCCCCCCCCCC. The molecule has 0 saturated heterocycles. The van der Waals surface area contributed by atoms with Crippen molar-refractivity contribution >= 4 is 13.7 Å². The molecule has 3 unspecified atom stereocenters. The fourth-order valence-corrected chi connectivity index (χ4v) is 9.90. The van der Waals surface area contributed by atoms with Crippen molar-refractivity contribution in [2.75, 3.05) is 40.9 Å². The van der Waals surface area contributed by atoms with E-state index in [1.807, 2.05) is 27.2 Å². The zero-order chi connectivity index (χ0) is 50.6. The lowest BCUT2D eigenvalue weighted by Crippen LogP contribution is -2.45. The van der Waals surface area contributed by atoms with Gasteiger partial charge in [0.15, 0.2) is 0 Å². The Kier molecular flexibility index (Phi) is 51.1. The molecule has 3 atom stereocenters. The molecule has 0 aromatic heterocycles. The lowest BCUT2D eigenvalue weighted by atomic mass is 10.0. The number of aliphatic hydroxyl groups excluding tert-OH is 1. The molecule has 410 valence electrons. The number of nitrogens with zero attached hydrogens (tertiary/aromatic N) is 1. The molecule has 0 bridgehead atoms. The molecule has 8 nitrogen and oxygen atoms in total. The van der Waals surface area contributed by atoms with Crippen LogP contribution in [0.5, 0.6) is 0 Å². The third-order valence-corrected chi connectivity index (χ3v) is 14.9. The smallest absolute Gasteiger partial charge is 0.268 e. The first-order valence-electron chi connectivity index (χ1n) is 30.2. The summed E-state index contributed by atoms with van der Waals surface area (Å²) in [6, 6.07) is -0.900. The lowest BCUT2D eigenvalue weighted by Gasteiger charge is -2.29. The minimum absolute atomic E-state index is 0.00375. The normalized spacial score (nSPS) is 14.0. The van der Waals surface area contributed by atoms with Gasteiger partial charge >= 0.3 is 0 Å². The van der Waals surface area contributed by atoms with Crippen molar-refractivity contribution in [2.45, 2.75) is 315 Å². The van der Waals surface area contributed by atoms with Crippen molar-refractivity contribution in [1.82, 2.24) is 5.32 Å². The van der Waals surface area contributed by atoms with Gasteiger partial charge in [-0.3, -0.25) is 9.36 Å². The third kappa shape index (κ3) is 54.6. The number of quaternary nitrogens is 1. The van der Waals surface area contributed by atoms with E-state index in [1.54, 1.807) is 6.08 Å². The number of carbonyl (C=O) groups is 1. The number of rotatable bonds is 56. The van der Waals surface area contributed by atoms with E-state index in [9.17, 15) is 19.4 Å². The van der Waals surface area contributed by atoms with E-state index in [1.165, 1.54) is 244 Å². The molecule has 0 aliphatic rings. The second-order valence-electron chi connectivity index (χ2n) is 22.1. The lowest BCUT2D eigenvalue weighted by molar-refractivity contribution is -0.870. The van der Waals surface area contributed by atoms with E-state index in [0.29, 0.717) is 17.4 Å². The maximum Gasteiger partial charge on any atom is 0.268 e. The summed E-state index contributed by atoms with van der Waals surface area (Å²) in [6.07, 6.45) is 65.6. The second kappa shape index (κ2) is 51.9. The predicted molar refractivity (Wildman–Crippen MR) is 298 cm³/mol. The first-order valence-corrected chi connectivity index (χ1v) is 31.7. The van der Waals surface area contributed by atoms with Crippen LogP contribution in [0.2, 0.25) is 0 Å². The first kappa shape index (κ1) is 68.0. The molecule has 1 amide bonds. The van der Waals surface area contributed by atoms with Crippen LogP contribution in [0.4, 0.5) is 0 Å². The molecule has 9 heteroatoms. The molecule has 0 spiro atoms. The summed E-state index contributed by atoms with van der Waals surface area (Å²) in [5, 5.41) is 13.9. The van der Waals surface area contributed by atoms with Crippen LogP contribution in [0.1, 0.15) is 303 Å². The summed E-state index contributed by atoms with van der Waals surface area (Å²) in [4.78, 5) is 25.5. The van der Waals surface area contributed by atoms with Crippen LogP contribution < -0.4 is 10.2 Å². The van der Waals surface area contributed by atoms with Crippen LogP contribution in [0.25, 0.3) is 0 Å². The number of hydrogen-bond donors (Lipinski definition) is 2. The van der Waals surface area contributed by atoms with Crippen molar-refractivity contribution in [3.63, 3.8) is 0 Å². The van der Waals surface area contributed by atoms with Gasteiger partial charge in [0.2, 0.25) is 5.91 Å². The Hall–Kier alpha value is -1.02. The average molecular weight is 996 g/mol. The molecule has 0 aliphatic carbocycles. The van der Waals surface area contributed by atoms with Crippen LogP contribution in [-0.2, 0) is 18.4 Å². The Morgan fingerprint density at radius 1 is 0.493 bits per heavy atom. The third-order valence-electron chi connectivity index (χ3n) is 13.9. The maximum atomic E-state index is 13.0. The molecule has 0 aromatic rings. The molecule has 0 saturated carbocycles. The largest absolute Gasteiger partial charge is 0.756 e. The summed E-state index contributed by atoms with van der Waals surface area (Å²) in [5.41, 5.74) is 0. The number of allylic oxidation sites excluding steroid dienone is 3. The van der Waals surface area contributed by atoms with Gasteiger partial charge in [0.25, 0.3) is 7.82 Å². The van der Waals surface area contributed by atoms with Crippen molar-refractivity contribution in [1.29, 1.82) is 0 Å². The van der Waals surface area contributed by atoms with Gasteiger partial charge in [0.1, 0.15) is 13.2 Å². The number of amides is 1. The number of phosphoric acid groups is 1. The Morgan fingerprint density at radius 3 is 1.17 bits per heavy atom. The highest BCUT2D eigenvalue weighted by atomic mass is 31.2. The van der Waals surface area contributed by atoms with Gasteiger partial charge in [0.05, 0.1) is 39.9 Å².